The number of hydrogen-bond acceptors (Lipinski definition) is 5. The summed E-state index contributed by atoms with van der Waals surface area (Å²) in [6.07, 6.45) is 5.02. The number of aromatic amines is 1. The number of carbonyl (C=O) groups is 1. The van der Waals surface area contributed by atoms with Gasteiger partial charge in [-0.05, 0) is 6.92 Å². The molecule has 0 aliphatic carbocycles. The molecule has 4 N–H and O–H groups in total. The Bertz CT molecular complexity index is 383. The number of aromatic nitrogens is 3. The van der Waals surface area contributed by atoms with E-state index >= 15 is 0 Å². The van der Waals surface area contributed by atoms with E-state index in [1.807, 2.05) is 0 Å². The minimum atomic E-state index is -0.312. The standard InChI is InChI=1S/C8H11N5OS/c1-3-4-10-6(14)5(2)15-8-11-7(9)12-13-8/h1,5H,4H2,2H3,(H,10,14)(H3,9,11,12,13). The molecule has 6 nitrogen and oxygen atoms in total. The van der Waals surface area contributed by atoms with Gasteiger partial charge in [0.15, 0.2) is 0 Å². The van der Waals surface area contributed by atoms with E-state index in [9.17, 15) is 4.79 Å². The van der Waals surface area contributed by atoms with Gasteiger partial charge in [-0.25, -0.2) is 5.10 Å². The summed E-state index contributed by atoms with van der Waals surface area (Å²) in [5, 5.41) is 8.98. The number of nitrogens with zero attached hydrogens (tertiary/aromatic N) is 2. The molecule has 15 heavy (non-hydrogen) atoms. The molecule has 1 unspecified atom stereocenters. The van der Waals surface area contributed by atoms with Crippen LogP contribution in [-0.4, -0.2) is 32.9 Å². The highest BCUT2D eigenvalue weighted by Gasteiger charge is 2.15. The smallest absolute Gasteiger partial charge is 0.234 e. The van der Waals surface area contributed by atoms with Gasteiger partial charge in [-0.1, -0.05) is 17.7 Å². The fraction of sp³-hybridized carbons (Fsp3) is 0.375. The van der Waals surface area contributed by atoms with Gasteiger partial charge in [0.25, 0.3) is 0 Å². The summed E-state index contributed by atoms with van der Waals surface area (Å²) < 4.78 is 0. The zero-order valence-corrected chi connectivity index (χ0v) is 8.97. The summed E-state index contributed by atoms with van der Waals surface area (Å²) in [7, 11) is 0. The zero-order chi connectivity index (χ0) is 11.3. The number of amides is 1. The van der Waals surface area contributed by atoms with E-state index in [-0.39, 0.29) is 23.7 Å². The summed E-state index contributed by atoms with van der Waals surface area (Å²) in [6, 6.07) is 0. The Hall–Kier alpha value is -1.68. The van der Waals surface area contributed by atoms with Gasteiger partial charge in [0.1, 0.15) is 0 Å². The summed E-state index contributed by atoms with van der Waals surface area (Å²) in [6.45, 7) is 1.96. The molecule has 0 saturated carbocycles. The fourth-order valence-corrected chi connectivity index (χ4v) is 1.56. The maximum absolute atomic E-state index is 11.4. The first-order chi connectivity index (χ1) is 7.13. The molecule has 1 rings (SSSR count). The number of hydrogen-bond donors (Lipinski definition) is 3. The first kappa shape index (κ1) is 11.4. The van der Waals surface area contributed by atoms with Crippen molar-refractivity contribution in [1.29, 1.82) is 0 Å². The van der Waals surface area contributed by atoms with E-state index in [2.05, 4.69) is 26.4 Å². The maximum atomic E-state index is 11.4. The van der Waals surface area contributed by atoms with Crippen molar-refractivity contribution in [3.05, 3.63) is 0 Å². The van der Waals surface area contributed by atoms with Gasteiger partial charge in [0.05, 0.1) is 11.8 Å². The van der Waals surface area contributed by atoms with Crippen LogP contribution < -0.4 is 11.1 Å². The van der Waals surface area contributed by atoms with Crippen LogP contribution in [0.5, 0.6) is 0 Å². The van der Waals surface area contributed by atoms with Gasteiger partial charge < -0.3 is 11.1 Å². The van der Waals surface area contributed by atoms with Crippen LogP contribution in [0, 0.1) is 12.3 Å². The average molecular weight is 225 g/mol. The van der Waals surface area contributed by atoms with Crippen LogP contribution in [0.1, 0.15) is 6.92 Å². The van der Waals surface area contributed by atoms with Crippen LogP contribution in [-0.2, 0) is 4.79 Å². The molecule has 1 aromatic rings. The van der Waals surface area contributed by atoms with Crippen LogP contribution in [0.4, 0.5) is 5.95 Å². The third kappa shape index (κ3) is 3.52. The molecule has 1 amide bonds. The van der Waals surface area contributed by atoms with Gasteiger partial charge in [0.2, 0.25) is 17.0 Å². The van der Waals surface area contributed by atoms with Gasteiger partial charge in [-0.15, -0.1) is 11.5 Å². The molecule has 0 aromatic carbocycles. The molecule has 1 aromatic heterocycles. The van der Waals surface area contributed by atoms with E-state index in [0.717, 1.165) is 0 Å². The third-order valence-electron chi connectivity index (χ3n) is 1.50. The zero-order valence-electron chi connectivity index (χ0n) is 8.15. The van der Waals surface area contributed by atoms with Crippen LogP contribution in [0.25, 0.3) is 0 Å². The van der Waals surface area contributed by atoms with E-state index < -0.39 is 0 Å². The van der Waals surface area contributed by atoms with Crippen LogP contribution >= 0.6 is 11.8 Å². The van der Waals surface area contributed by atoms with E-state index in [4.69, 9.17) is 12.2 Å². The Balaban J connectivity index is 2.45. The van der Waals surface area contributed by atoms with Crippen molar-refractivity contribution >= 4 is 23.6 Å². The Morgan fingerprint density at radius 2 is 2.60 bits per heavy atom. The molecule has 0 bridgehead atoms. The van der Waals surface area contributed by atoms with Crippen molar-refractivity contribution in [3.63, 3.8) is 0 Å². The second-order valence-electron chi connectivity index (χ2n) is 2.69. The van der Waals surface area contributed by atoms with Crippen molar-refractivity contribution in [2.75, 3.05) is 12.3 Å². The number of nitrogens with one attached hydrogen (secondary N) is 2. The maximum Gasteiger partial charge on any atom is 0.234 e. The summed E-state index contributed by atoms with van der Waals surface area (Å²) in [5.41, 5.74) is 5.34. The van der Waals surface area contributed by atoms with E-state index in [0.29, 0.717) is 5.16 Å². The monoisotopic (exact) mass is 225 g/mol. The lowest BCUT2D eigenvalue weighted by atomic mass is 10.4. The predicted octanol–water partition coefficient (Wildman–Crippen LogP) is -0.383. The minimum absolute atomic E-state index is 0.152. The number of nitrogens with two attached hydrogens (primary N) is 1. The molecule has 0 aliphatic rings. The molecule has 1 atom stereocenters. The second kappa shape index (κ2) is 5.26. The summed E-state index contributed by atoms with van der Waals surface area (Å²) >= 11 is 1.21. The lowest BCUT2D eigenvalue weighted by Crippen LogP contribution is -2.31. The van der Waals surface area contributed by atoms with E-state index in [1.54, 1.807) is 6.92 Å². The van der Waals surface area contributed by atoms with E-state index in [1.165, 1.54) is 11.8 Å². The molecule has 80 valence electrons. The highest BCUT2D eigenvalue weighted by molar-refractivity contribution is 8.00. The normalized spacial score (nSPS) is 11.7. The number of carbonyl (C=O) groups excluding carboxylic acids is 1. The summed E-state index contributed by atoms with van der Waals surface area (Å²) in [4.78, 5) is 15.3. The number of H-pyrrole nitrogens is 1. The van der Waals surface area contributed by atoms with Gasteiger partial charge >= 0.3 is 0 Å². The minimum Gasteiger partial charge on any atom is -0.368 e. The van der Waals surface area contributed by atoms with Gasteiger partial charge in [-0.2, -0.15) is 4.98 Å². The predicted molar refractivity (Wildman–Crippen MR) is 58.0 cm³/mol. The van der Waals surface area contributed by atoms with Crippen molar-refractivity contribution in [2.45, 2.75) is 17.3 Å². The quantitative estimate of drug-likeness (QED) is 0.479. The van der Waals surface area contributed by atoms with Crippen molar-refractivity contribution in [1.82, 2.24) is 20.5 Å². The van der Waals surface area contributed by atoms with Crippen LogP contribution in [0.15, 0.2) is 5.16 Å². The Morgan fingerprint density at radius 1 is 1.87 bits per heavy atom. The molecular weight excluding hydrogens is 214 g/mol. The molecule has 0 saturated heterocycles. The Morgan fingerprint density at radius 3 is 3.13 bits per heavy atom. The topological polar surface area (TPSA) is 96.7 Å². The Labute approximate surface area is 91.4 Å². The molecule has 0 fully saturated rings. The SMILES string of the molecule is C#CCNC(=O)C(C)Sc1n[nH]c(N)n1. The average Bonchev–Trinajstić information content (AvgIpc) is 2.60. The molecule has 7 heteroatoms. The molecular formula is C8H11N5OS. The first-order valence-corrected chi connectivity index (χ1v) is 5.07. The largest absolute Gasteiger partial charge is 0.368 e. The highest BCUT2D eigenvalue weighted by Crippen LogP contribution is 2.19. The number of rotatable bonds is 4. The molecule has 0 spiro atoms. The number of thioether (sulfide) groups is 1. The number of anilines is 1. The second-order valence-corrected chi connectivity index (χ2v) is 3.99. The van der Waals surface area contributed by atoms with Gasteiger partial charge in [0, 0.05) is 0 Å². The molecule has 0 radical (unpaired) electrons. The highest BCUT2D eigenvalue weighted by atomic mass is 32.2. The fourth-order valence-electron chi connectivity index (χ4n) is 0.804. The van der Waals surface area contributed by atoms with Crippen molar-refractivity contribution in [3.8, 4) is 12.3 Å². The molecule has 1 heterocycles. The van der Waals surface area contributed by atoms with Crippen LogP contribution in [0.3, 0.4) is 0 Å². The Kier molecular flexibility index (Phi) is 4.00. The first-order valence-electron chi connectivity index (χ1n) is 4.19. The lowest BCUT2D eigenvalue weighted by Gasteiger charge is -2.07. The van der Waals surface area contributed by atoms with Crippen molar-refractivity contribution in [2.24, 2.45) is 0 Å². The van der Waals surface area contributed by atoms with Gasteiger partial charge in [-0.3, -0.25) is 4.79 Å². The number of nitrogen functional groups attached to an aromatic ring is 1. The third-order valence-corrected chi connectivity index (χ3v) is 2.46. The molecule has 0 aliphatic heterocycles. The summed E-state index contributed by atoms with van der Waals surface area (Å²) in [5.74, 6) is 2.40. The number of terminal acetylenes is 1. The van der Waals surface area contributed by atoms with Crippen molar-refractivity contribution < 1.29 is 4.79 Å². The van der Waals surface area contributed by atoms with Crippen LogP contribution in [0.2, 0.25) is 0 Å². The lowest BCUT2D eigenvalue weighted by molar-refractivity contribution is -0.120.